The summed E-state index contributed by atoms with van der Waals surface area (Å²) in [7, 11) is 0. The molecule has 0 unspecified atom stereocenters. The van der Waals surface area contributed by atoms with Gasteiger partial charge in [0.1, 0.15) is 5.75 Å². The average Bonchev–Trinajstić information content (AvgIpc) is 2.64. The minimum atomic E-state index is -4.59. The summed E-state index contributed by atoms with van der Waals surface area (Å²) in [6.07, 6.45) is -3.82. The van der Waals surface area contributed by atoms with E-state index in [1.165, 1.54) is 30.3 Å². The van der Waals surface area contributed by atoms with Crippen LogP contribution in [-0.4, -0.2) is 25.0 Å². The summed E-state index contributed by atoms with van der Waals surface area (Å²) >= 11 is 6.06. The highest BCUT2D eigenvalue weighted by Gasteiger charge is 2.34. The summed E-state index contributed by atoms with van der Waals surface area (Å²) in [5.41, 5.74) is -0.425. The molecule has 2 amide bonds. The number of nitrogens with one attached hydrogen (secondary N) is 2. The van der Waals surface area contributed by atoms with E-state index in [9.17, 15) is 22.8 Å². The molecule has 28 heavy (non-hydrogen) atoms. The van der Waals surface area contributed by atoms with E-state index >= 15 is 0 Å². The van der Waals surface area contributed by atoms with E-state index in [1.807, 2.05) is 6.92 Å². The quantitative estimate of drug-likeness (QED) is 0.700. The highest BCUT2D eigenvalue weighted by molar-refractivity contribution is 6.34. The normalized spacial score (nSPS) is 11.0. The lowest BCUT2D eigenvalue weighted by atomic mass is 10.2. The number of amides is 2. The van der Waals surface area contributed by atoms with Gasteiger partial charge in [-0.3, -0.25) is 9.59 Å². The maximum absolute atomic E-state index is 12.9. The smallest absolute Gasteiger partial charge is 0.419 e. The van der Waals surface area contributed by atoms with Crippen molar-refractivity contribution in [1.29, 1.82) is 0 Å². The molecule has 0 atom stereocenters. The Bertz CT molecular complexity index is 857. The second-order valence-electron chi connectivity index (χ2n) is 5.78. The third-order valence-electron chi connectivity index (χ3n) is 3.58. The minimum absolute atomic E-state index is 0.134. The number of benzene rings is 2. The predicted octanol–water partition coefficient (Wildman–Crippen LogP) is 4.52. The molecule has 2 aromatic rings. The van der Waals surface area contributed by atoms with E-state index in [4.69, 9.17) is 16.3 Å². The SMILES string of the molecule is CCCNC(=O)c1ccc(NC(=O)COc2ccccc2C(F)(F)F)cc1Cl. The van der Waals surface area contributed by atoms with Gasteiger partial charge >= 0.3 is 6.18 Å². The van der Waals surface area contributed by atoms with Crippen LogP contribution < -0.4 is 15.4 Å². The van der Waals surface area contributed by atoms with Gasteiger partial charge in [0.15, 0.2) is 6.61 Å². The van der Waals surface area contributed by atoms with Crippen LogP contribution in [0.15, 0.2) is 42.5 Å². The number of para-hydroxylation sites is 1. The fourth-order valence-corrected chi connectivity index (χ4v) is 2.54. The van der Waals surface area contributed by atoms with E-state index in [0.29, 0.717) is 6.54 Å². The van der Waals surface area contributed by atoms with Gasteiger partial charge in [-0.1, -0.05) is 30.7 Å². The van der Waals surface area contributed by atoms with Crippen LogP contribution in [-0.2, 0) is 11.0 Å². The lowest BCUT2D eigenvalue weighted by molar-refractivity contribution is -0.139. The van der Waals surface area contributed by atoms with Gasteiger partial charge in [-0.25, -0.2) is 0 Å². The molecule has 9 heteroatoms. The van der Waals surface area contributed by atoms with Crippen LogP contribution in [0.25, 0.3) is 0 Å². The molecule has 0 aromatic heterocycles. The van der Waals surface area contributed by atoms with Gasteiger partial charge in [0.25, 0.3) is 11.8 Å². The van der Waals surface area contributed by atoms with Crippen molar-refractivity contribution in [3.8, 4) is 5.75 Å². The fourth-order valence-electron chi connectivity index (χ4n) is 2.28. The van der Waals surface area contributed by atoms with Crippen molar-refractivity contribution in [3.63, 3.8) is 0 Å². The second-order valence-corrected chi connectivity index (χ2v) is 6.19. The summed E-state index contributed by atoms with van der Waals surface area (Å²) in [4.78, 5) is 23.9. The monoisotopic (exact) mass is 414 g/mol. The van der Waals surface area contributed by atoms with E-state index < -0.39 is 30.0 Å². The van der Waals surface area contributed by atoms with Crippen molar-refractivity contribution < 1.29 is 27.5 Å². The predicted molar refractivity (Wildman–Crippen MR) is 99.6 cm³/mol. The first-order valence-corrected chi connectivity index (χ1v) is 8.76. The summed E-state index contributed by atoms with van der Waals surface area (Å²) in [5.74, 6) is -1.45. The summed E-state index contributed by atoms with van der Waals surface area (Å²) in [5, 5.41) is 5.28. The Labute approximate surface area is 164 Å². The van der Waals surface area contributed by atoms with Crippen LogP contribution in [0.2, 0.25) is 5.02 Å². The summed E-state index contributed by atoms with van der Waals surface area (Å²) < 4.78 is 43.8. The Hall–Kier alpha value is -2.74. The number of hydrogen-bond acceptors (Lipinski definition) is 3. The maximum Gasteiger partial charge on any atom is 0.419 e. The van der Waals surface area contributed by atoms with Crippen molar-refractivity contribution in [2.45, 2.75) is 19.5 Å². The molecule has 0 aliphatic rings. The Morgan fingerprint density at radius 3 is 2.50 bits per heavy atom. The van der Waals surface area contributed by atoms with E-state index in [0.717, 1.165) is 18.6 Å². The average molecular weight is 415 g/mol. The van der Waals surface area contributed by atoms with E-state index in [1.54, 1.807) is 0 Å². The molecule has 0 heterocycles. The number of anilines is 1. The van der Waals surface area contributed by atoms with Crippen LogP contribution in [0.5, 0.6) is 5.75 Å². The van der Waals surface area contributed by atoms with Crippen LogP contribution in [0.3, 0.4) is 0 Å². The molecule has 0 spiro atoms. The number of alkyl halides is 3. The molecule has 0 radical (unpaired) electrons. The lowest BCUT2D eigenvalue weighted by Gasteiger charge is -2.14. The van der Waals surface area contributed by atoms with Crippen molar-refractivity contribution in [1.82, 2.24) is 5.32 Å². The zero-order valence-corrected chi connectivity index (χ0v) is 15.7. The van der Waals surface area contributed by atoms with Crippen LogP contribution in [0.4, 0.5) is 18.9 Å². The van der Waals surface area contributed by atoms with Crippen molar-refractivity contribution >= 4 is 29.1 Å². The zero-order chi connectivity index (χ0) is 20.7. The maximum atomic E-state index is 12.9. The van der Waals surface area contributed by atoms with Gasteiger partial charge in [0.2, 0.25) is 0 Å². The zero-order valence-electron chi connectivity index (χ0n) is 14.9. The topological polar surface area (TPSA) is 67.4 Å². The number of ether oxygens (including phenoxy) is 1. The molecule has 0 fully saturated rings. The molecule has 0 saturated heterocycles. The molecule has 0 aliphatic heterocycles. The first kappa shape index (κ1) is 21.6. The Morgan fingerprint density at radius 2 is 1.86 bits per heavy atom. The molecular formula is C19H18ClF3N2O3. The largest absolute Gasteiger partial charge is 0.483 e. The van der Waals surface area contributed by atoms with Gasteiger partial charge < -0.3 is 15.4 Å². The first-order valence-electron chi connectivity index (χ1n) is 8.39. The Kier molecular flexibility index (Phi) is 7.28. The highest BCUT2D eigenvalue weighted by atomic mass is 35.5. The molecule has 2 N–H and O–H groups in total. The summed E-state index contributed by atoms with van der Waals surface area (Å²) in [6, 6.07) is 8.91. The Balaban J connectivity index is 1.99. The number of rotatable bonds is 7. The minimum Gasteiger partial charge on any atom is -0.483 e. The molecule has 0 aliphatic carbocycles. The number of carbonyl (C=O) groups excluding carboxylic acids is 2. The van der Waals surface area contributed by atoms with Crippen molar-refractivity contribution in [3.05, 3.63) is 58.6 Å². The molecule has 2 aromatic carbocycles. The summed E-state index contributed by atoms with van der Waals surface area (Å²) in [6.45, 7) is 1.80. The van der Waals surface area contributed by atoms with Gasteiger partial charge in [-0.15, -0.1) is 0 Å². The standard InChI is InChI=1S/C19H18ClF3N2O3/c1-2-9-24-18(27)13-8-7-12(10-15(13)20)25-17(26)11-28-16-6-4-3-5-14(16)19(21,22)23/h3-8,10H,2,9,11H2,1H3,(H,24,27)(H,25,26). The lowest BCUT2D eigenvalue weighted by Crippen LogP contribution is -2.24. The molecule has 0 saturated carbocycles. The Morgan fingerprint density at radius 1 is 1.14 bits per heavy atom. The first-order chi connectivity index (χ1) is 13.2. The van der Waals surface area contributed by atoms with Gasteiger partial charge in [0, 0.05) is 12.2 Å². The van der Waals surface area contributed by atoms with Crippen molar-refractivity contribution in [2.75, 3.05) is 18.5 Å². The van der Waals surface area contributed by atoms with Gasteiger partial charge in [0.05, 0.1) is 16.1 Å². The molecule has 5 nitrogen and oxygen atoms in total. The fraction of sp³-hybridized carbons (Fsp3) is 0.263. The number of hydrogen-bond donors (Lipinski definition) is 2. The molecule has 150 valence electrons. The van der Waals surface area contributed by atoms with Crippen LogP contribution in [0, 0.1) is 0 Å². The molecule has 2 rings (SSSR count). The van der Waals surface area contributed by atoms with E-state index in [2.05, 4.69) is 10.6 Å². The third kappa shape index (κ3) is 5.88. The van der Waals surface area contributed by atoms with Crippen LogP contribution in [0.1, 0.15) is 29.3 Å². The highest BCUT2D eigenvalue weighted by Crippen LogP contribution is 2.35. The van der Waals surface area contributed by atoms with Gasteiger partial charge in [-0.2, -0.15) is 13.2 Å². The third-order valence-corrected chi connectivity index (χ3v) is 3.90. The van der Waals surface area contributed by atoms with Crippen LogP contribution >= 0.6 is 11.6 Å². The van der Waals surface area contributed by atoms with Gasteiger partial charge in [-0.05, 0) is 36.8 Å². The van der Waals surface area contributed by atoms with Crippen molar-refractivity contribution in [2.24, 2.45) is 0 Å². The number of halogens is 4. The van der Waals surface area contributed by atoms with E-state index in [-0.39, 0.29) is 22.2 Å². The second kappa shape index (κ2) is 9.45. The molecule has 0 bridgehead atoms. The number of carbonyl (C=O) groups is 2. The molecular weight excluding hydrogens is 397 g/mol.